The van der Waals surface area contributed by atoms with E-state index < -0.39 is 6.04 Å². The molecule has 168 valence electrons. The highest BCUT2D eigenvalue weighted by molar-refractivity contribution is 7.99. The Hall–Kier alpha value is -2.47. The summed E-state index contributed by atoms with van der Waals surface area (Å²) in [5.74, 6) is 2.13. The van der Waals surface area contributed by atoms with Gasteiger partial charge in [0.1, 0.15) is 11.8 Å². The van der Waals surface area contributed by atoms with Crippen molar-refractivity contribution in [1.29, 1.82) is 0 Å². The summed E-state index contributed by atoms with van der Waals surface area (Å²) in [7, 11) is 1.64. The topological polar surface area (TPSA) is 58.6 Å². The molecule has 0 aromatic heterocycles. The molecule has 5 nitrogen and oxygen atoms in total. The van der Waals surface area contributed by atoms with Gasteiger partial charge in [0.05, 0.1) is 12.9 Å². The standard InChI is InChI=1S/C25H34N2O3S/c1-5-23(25(29)26-15-19(2)3)27(16-20-9-7-6-8-10-20)24(28)18-31-17-21-11-13-22(30-4)14-12-21/h6-14,19,23H,5,15-18H2,1-4H3,(H,26,29). The van der Waals surface area contributed by atoms with Crippen LogP contribution in [-0.2, 0) is 21.9 Å². The first kappa shape index (κ1) is 24.8. The van der Waals surface area contributed by atoms with Crippen molar-refractivity contribution in [3.8, 4) is 5.75 Å². The van der Waals surface area contributed by atoms with Crippen LogP contribution in [0, 0.1) is 5.92 Å². The summed E-state index contributed by atoms with van der Waals surface area (Å²) in [5.41, 5.74) is 2.15. The van der Waals surface area contributed by atoms with Crippen LogP contribution in [0.25, 0.3) is 0 Å². The molecule has 0 radical (unpaired) electrons. The molecule has 2 rings (SSSR count). The highest BCUT2D eigenvalue weighted by Gasteiger charge is 2.28. The first-order valence-electron chi connectivity index (χ1n) is 10.8. The van der Waals surface area contributed by atoms with E-state index in [9.17, 15) is 9.59 Å². The molecule has 31 heavy (non-hydrogen) atoms. The van der Waals surface area contributed by atoms with Crippen LogP contribution < -0.4 is 10.1 Å². The second-order valence-corrected chi connectivity index (χ2v) is 8.90. The summed E-state index contributed by atoms with van der Waals surface area (Å²) < 4.78 is 5.19. The SMILES string of the molecule is CCC(C(=O)NCC(C)C)N(Cc1ccccc1)C(=O)CSCc1ccc(OC)cc1. The van der Waals surface area contributed by atoms with Crippen LogP contribution in [0.2, 0.25) is 0 Å². The van der Waals surface area contributed by atoms with Crippen molar-refractivity contribution in [2.75, 3.05) is 19.4 Å². The van der Waals surface area contributed by atoms with Gasteiger partial charge in [-0.05, 0) is 35.6 Å². The zero-order valence-corrected chi connectivity index (χ0v) is 19.8. The van der Waals surface area contributed by atoms with Crippen LogP contribution in [-0.4, -0.2) is 42.2 Å². The minimum Gasteiger partial charge on any atom is -0.497 e. The van der Waals surface area contributed by atoms with Crippen LogP contribution in [0.15, 0.2) is 54.6 Å². The Morgan fingerprint density at radius 1 is 1.03 bits per heavy atom. The monoisotopic (exact) mass is 442 g/mol. The fourth-order valence-corrected chi connectivity index (χ4v) is 4.05. The number of thioether (sulfide) groups is 1. The molecular weight excluding hydrogens is 408 g/mol. The number of nitrogens with one attached hydrogen (secondary N) is 1. The average Bonchev–Trinajstić information content (AvgIpc) is 2.78. The van der Waals surface area contributed by atoms with Crippen molar-refractivity contribution in [2.24, 2.45) is 5.92 Å². The Balaban J connectivity index is 2.06. The van der Waals surface area contributed by atoms with Gasteiger partial charge >= 0.3 is 0 Å². The van der Waals surface area contributed by atoms with E-state index in [1.807, 2.05) is 61.5 Å². The first-order chi connectivity index (χ1) is 14.9. The van der Waals surface area contributed by atoms with Gasteiger partial charge in [-0.2, -0.15) is 0 Å². The number of ether oxygens (including phenoxy) is 1. The molecule has 0 bridgehead atoms. The number of benzene rings is 2. The number of methoxy groups -OCH3 is 1. The van der Waals surface area contributed by atoms with Gasteiger partial charge in [0.2, 0.25) is 11.8 Å². The molecule has 0 spiro atoms. The molecule has 2 aromatic rings. The predicted molar refractivity (Wildman–Crippen MR) is 128 cm³/mol. The summed E-state index contributed by atoms with van der Waals surface area (Å²) >= 11 is 1.56. The van der Waals surface area contributed by atoms with Crippen LogP contribution in [0.4, 0.5) is 0 Å². The predicted octanol–water partition coefficient (Wildman–Crippen LogP) is 4.51. The maximum Gasteiger partial charge on any atom is 0.242 e. The third-order valence-corrected chi connectivity index (χ3v) is 5.91. The third kappa shape index (κ3) is 8.29. The van der Waals surface area contributed by atoms with E-state index in [4.69, 9.17) is 4.74 Å². The van der Waals surface area contributed by atoms with Gasteiger partial charge in [0, 0.05) is 18.8 Å². The smallest absolute Gasteiger partial charge is 0.242 e. The van der Waals surface area contributed by atoms with Crippen LogP contribution in [0.5, 0.6) is 5.75 Å². The summed E-state index contributed by atoms with van der Waals surface area (Å²) in [6.45, 7) is 7.11. The Morgan fingerprint density at radius 2 is 1.71 bits per heavy atom. The molecule has 0 aliphatic heterocycles. The molecular formula is C25H34N2O3S. The summed E-state index contributed by atoms with van der Waals surface area (Å²) in [6, 6.07) is 17.2. The fraction of sp³-hybridized carbons (Fsp3) is 0.440. The molecule has 1 atom stereocenters. The molecule has 0 fully saturated rings. The van der Waals surface area contributed by atoms with Gasteiger partial charge in [0.25, 0.3) is 0 Å². The third-order valence-electron chi connectivity index (χ3n) is 4.92. The van der Waals surface area contributed by atoms with Gasteiger partial charge in [-0.1, -0.05) is 63.2 Å². The Kier molecular flexibility index (Phi) is 10.4. The lowest BCUT2D eigenvalue weighted by Crippen LogP contribution is -2.50. The van der Waals surface area contributed by atoms with E-state index in [1.54, 1.807) is 23.8 Å². The molecule has 2 aromatic carbocycles. The normalized spacial score (nSPS) is 11.8. The van der Waals surface area contributed by atoms with Crippen LogP contribution in [0.3, 0.4) is 0 Å². The quantitative estimate of drug-likeness (QED) is 0.525. The molecule has 0 saturated carbocycles. The van der Waals surface area contributed by atoms with Crippen LogP contribution in [0.1, 0.15) is 38.3 Å². The molecule has 0 aliphatic rings. The van der Waals surface area contributed by atoms with E-state index in [1.165, 1.54) is 0 Å². The maximum absolute atomic E-state index is 13.2. The second-order valence-electron chi connectivity index (χ2n) is 7.91. The van der Waals surface area contributed by atoms with Crippen molar-refractivity contribution in [1.82, 2.24) is 10.2 Å². The minimum atomic E-state index is -0.479. The summed E-state index contributed by atoms with van der Waals surface area (Å²) in [5, 5.41) is 3.00. The summed E-state index contributed by atoms with van der Waals surface area (Å²) in [6.07, 6.45) is 0.575. The zero-order chi connectivity index (χ0) is 22.6. The first-order valence-corrected chi connectivity index (χ1v) is 11.9. The lowest BCUT2D eigenvalue weighted by molar-refractivity contribution is -0.139. The zero-order valence-electron chi connectivity index (χ0n) is 19.0. The van der Waals surface area contributed by atoms with Gasteiger partial charge in [0.15, 0.2) is 0 Å². The number of carbonyl (C=O) groups is 2. The number of nitrogens with zero attached hydrogens (tertiary/aromatic N) is 1. The lowest BCUT2D eigenvalue weighted by Gasteiger charge is -2.31. The number of rotatable bonds is 12. The maximum atomic E-state index is 13.2. The Labute approximate surface area is 190 Å². The largest absolute Gasteiger partial charge is 0.497 e. The fourth-order valence-electron chi connectivity index (χ4n) is 3.18. The highest BCUT2D eigenvalue weighted by Crippen LogP contribution is 2.19. The second kappa shape index (κ2) is 13.1. The van der Waals surface area contributed by atoms with Crippen molar-refractivity contribution < 1.29 is 14.3 Å². The number of hydrogen-bond acceptors (Lipinski definition) is 4. The van der Waals surface area contributed by atoms with E-state index in [-0.39, 0.29) is 11.8 Å². The van der Waals surface area contributed by atoms with Crippen molar-refractivity contribution in [3.05, 3.63) is 65.7 Å². The van der Waals surface area contributed by atoms with Crippen molar-refractivity contribution >= 4 is 23.6 Å². The Morgan fingerprint density at radius 3 is 2.29 bits per heavy atom. The van der Waals surface area contributed by atoms with E-state index >= 15 is 0 Å². The molecule has 1 unspecified atom stereocenters. The van der Waals surface area contributed by atoms with Gasteiger partial charge in [-0.25, -0.2) is 0 Å². The average molecular weight is 443 g/mol. The molecule has 1 N–H and O–H groups in total. The van der Waals surface area contributed by atoms with Gasteiger partial charge in [-0.3, -0.25) is 9.59 Å². The number of carbonyl (C=O) groups excluding carboxylic acids is 2. The van der Waals surface area contributed by atoms with E-state index in [0.717, 1.165) is 22.6 Å². The molecule has 0 heterocycles. The lowest BCUT2D eigenvalue weighted by atomic mass is 10.1. The van der Waals surface area contributed by atoms with Crippen LogP contribution >= 0.6 is 11.8 Å². The summed E-state index contributed by atoms with van der Waals surface area (Å²) in [4.78, 5) is 27.8. The number of hydrogen-bond donors (Lipinski definition) is 1. The molecule has 6 heteroatoms. The van der Waals surface area contributed by atoms with Crippen molar-refractivity contribution in [3.63, 3.8) is 0 Å². The highest BCUT2D eigenvalue weighted by atomic mass is 32.2. The van der Waals surface area contributed by atoms with E-state index in [0.29, 0.717) is 31.2 Å². The Bertz CT molecular complexity index is 809. The van der Waals surface area contributed by atoms with Gasteiger partial charge < -0.3 is 15.0 Å². The van der Waals surface area contributed by atoms with Crippen molar-refractivity contribution in [2.45, 2.75) is 45.5 Å². The molecule has 2 amide bonds. The minimum absolute atomic E-state index is 0.0195. The molecule has 0 saturated heterocycles. The number of amides is 2. The van der Waals surface area contributed by atoms with Gasteiger partial charge in [-0.15, -0.1) is 11.8 Å². The molecule has 0 aliphatic carbocycles. The van der Waals surface area contributed by atoms with E-state index in [2.05, 4.69) is 19.2 Å².